The number of hydrogen-bond donors (Lipinski definition) is 1. The number of amides is 1. The molecule has 0 saturated carbocycles. The van der Waals surface area contributed by atoms with Crippen molar-refractivity contribution in [2.24, 2.45) is 11.3 Å². The van der Waals surface area contributed by atoms with Gasteiger partial charge in [-0.15, -0.1) is 0 Å². The van der Waals surface area contributed by atoms with Gasteiger partial charge >= 0.3 is 0 Å². The van der Waals surface area contributed by atoms with Crippen LogP contribution in [0.25, 0.3) is 0 Å². The third-order valence-corrected chi connectivity index (χ3v) is 3.87. The Hall–Kier alpha value is -1.58. The van der Waals surface area contributed by atoms with Crippen LogP contribution in [-0.2, 0) is 4.79 Å². The molecule has 0 spiro atoms. The molecule has 0 unspecified atom stereocenters. The van der Waals surface area contributed by atoms with Crippen molar-refractivity contribution in [1.29, 1.82) is 0 Å². The van der Waals surface area contributed by atoms with Gasteiger partial charge in [0.15, 0.2) is 0 Å². The van der Waals surface area contributed by atoms with Gasteiger partial charge in [-0.1, -0.05) is 26.8 Å². The molecule has 1 aromatic rings. The third-order valence-electron chi connectivity index (χ3n) is 3.87. The average molecular weight is 289 g/mol. The van der Waals surface area contributed by atoms with Crippen molar-refractivity contribution in [3.05, 3.63) is 24.4 Å². The fourth-order valence-corrected chi connectivity index (χ4v) is 2.71. The normalized spacial score (nSPS) is 16.8. The summed E-state index contributed by atoms with van der Waals surface area (Å²) in [4.78, 5) is 18.6. The zero-order valence-corrected chi connectivity index (χ0v) is 13.4. The Balaban J connectivity index is 1.71. The molecule has 1 aliphatic rings. The third kappa shape index (κ3) is 5.37. The van der Waals surface area contributed by atoms with Crippen molar-refractivity contribution in [3.63, 3.8) is 0 Å². The van der Waals surface area contributed by atoms with E-state index in [0.717, 1.165) is 38.3 Å². The van der Waals surface area contributed by atoms with Gasteiger partial charge in [-0.25, -0.2) is 4.98 Å². The van der Waals surface area contributed by atoms with Crippen LogP contribution < -0.4 is 10.2 Å². The molecule has 21 heavy (non-hydrogen) atoms. The van der Waals surface area contributed by atoms with Crippen LogP contribution in [0.1, 0.15) is 40.0 Å². The summed E-state index contributed by atoms with van der Waals surface area (Å²) >= 11 is 0. The first kappa shape index (κ1) is 15.8. The Morgan fingerprint density at radius 1 is 1.33 bits per heavy atom. The van der Waals surface area contributed by atoms with E-state index >= 15 is 0 Å². The van der Waals surface area contributed by atoms with Crippen molar-refractivity contribution >= 4 is 11.7 Å². The number of anilines is 1. The van der Waals surface area contributed by atoms with Gasteiger partial charge in [-0.2, -0.15) is 0 Å². The van der Waals surface area contributed by atoms with E-state index in [0.29, 0.717) is 12.3 Å². The molecule has 116 valence electrons. The quantitative estimate of drug-likeness (QED) is 0.927. The first-order valence-electron chi connectivity index (χ1n) is 7.87. The Kier molecular flexibility index (Phi) is 5.21. The summed E-state index contributed by atoms with van der Waals surface area (Å²) in [6.07, 6.45) is 4.67. The summed E-state index contributed by atoms with van der Waals surface area (Å²) in [5.74, 6) is 1.83. The lowest BCUT2D eigenvalue weighted by molar-refractivity contribution is -0.123. The summed E-state index contributed by atoms with van der Waals surface area (Å²) in [6.45, 7) is 9.15. The molecule has 0 radical (unpaired) electrons. The molecule has 0 bridgehead atoms. The molecule has 4 heteroatoms. The lowest BCUT2D eigenvalue weighted by Crippen LogP contribution is -2.39. The van der Waals surface area contributed by atoms with Crippen molar-refractivity contribution < 1.29 is 4.79 Å². The fourth-order valence-electron chi connectivity index (χ4n) is 2.71. The Labute approximate surface area is 127 Å². The maximum atomic E-state index is 11.9. The largest absolute Gasteiger partial charge is 0.357 e. The van der Waals surface area contributed by atoms with E-state index in [4.69, 9.17) is 0 Å². The highest BCUT2D eigenvalue weighted by Gasteiger charge is 2.21. The number of piperidine rings is 1. The van der Waals surface area contributed by atoms with Gasteiger partial charge in [-0.3, -0.25) is 4.79 Å². The zero-order chi connectivity index (χ0) is 15.3. The van der Waals surface area contributed by atoms with Crippen molar-refractivity contribution in [2.75, 3.05) is 24.5 Å². The number of carbonyl (C=O) groups is 1. The summed E-state index contributed by atoms with van der Waals surface area (Å²) < 4.78 is 0. The molecule has 0 atom stereocenters. The van der Waals surface area contributed by atoms with Crippen LogP contribution in [0.3, 0.4) is 0 Å². The smallest absolute Gasteiger partial charge is 0.220 e. The monoisotopic (exact) mass is 289 g/mol. The molecule has 4 nitrogen and oxygen atoms in total. The summed E-state index contributed by atoms with van der Waals surface area (Å²) in [5, 5.41) is 3.09. The SMILES string of the molecule is CC(C)(C)CC(=O)NCC1CCN(c2ccccn2)CC1. The highest BCUT2D eigenvalue weighted by molar-refractivity contribution is 5.76. The van der Waals surface area contributed by atoms with Crippen LogP contribution in [0.15, 0.2) is 24.4 Å². The van der Waals surface area contributed by atoms with Gasteiger partial charge in [0, 0.05) is 32.3 Å². The first-order valence-corrected chi connectivity index (χ1v) is 7.87. The van der Waals surface area contributed by atoms with Crippen LogP contribution in [0.5, 0.6) is 0 Å². The highest BCUT2D eigenvalue weighted by Crippen LogP contribution is 2.21. The molecule has 1 saturated heterocycles. The lowest BCUT2D eigenvalue weighted by atomic mass is 9.91. The molecule has 1 fully saturated rings. The molecular formula is C17H27N3O. The minimum atomic E-state index is 0.0619. The Morgan fingerprint density at radius 3 is 2.62 bits per heavy atom. The predicted octanol–water partition coefficient (Wildman–Crippen LogP) is 2.85. The van der Waals surface area contributed by atoms with Crippen LogP contribution in [0, 0.1) is 11.3 Å². The van der Waals surface area contributed by atoms with Crippen LogP contribution in [-0.4, -0.2) is 30.5 Å². The van der Waals surface area contributed by atoms with Crippen molar-refractivity contribution in [2.45, 2.75) is 40.0 Å². The number of rotatable bonds is 4. The molecule has 1 aliphatic heterocycles. The highest BCUT2D eigenvalue weighted by atomic mass is 16.1. The van der Waals surface area contributed by atoms with E-state index in [2.05, 4.69) is 42.0 Å². The summed E-state index contributed by atoms with van der Waals surface area (Å²) in [6, 6.07) is 6.04. The van der Waals surface area contributed by atoms with Gasteiger partial charge in [0.1, 0.15) is 5.82 Å². The van der Waals surface area contributed by atoms with Gasteiger partial charge in [0.05, 0.1) is 0 Å². The zero-order valence-electron chi connectivity index (χ0n) is 13.4. The van der Waals surface area contributed by atoms with E-state index < -0.39 is 0 Å². The molecule has 2 heterocycles. The van der Waals surface area contributed by atoms with Crippen molar-refractivity contribution in [1.82, 2.24) is 10.3 Å². The van der Waals surface area contributed by atoms with Crippen LogP contribution in [0.2, 0.25) is 0 Å². The van der Waals surface area contributed by atoms with E-state index in [1.165, 1.54) is 0 Å². The number of nitrogens with one attached hydrogen (secondary N) is 1. The molecule has 0 aromatic carbocycles. The average Bonchev–Trinajstić information content (AvgIpc) is 2.45. The number of aromatic nitrogens is 1. The molecule has 1 N–H and O–H groups in total. The maximum absolute atomic E-state index is 11.9. The van der Waals surface area contributed by atoms with E-state index in [9.17, 15) is 4.79 Å². The van der Waals surface area contributed by atoms with E-state index in [1.807, 2.05) is 18.3 Å². The van der Waals surface area contributed by atoms with Gasteiger partial charge in [0.25, 0.3) is 0 Å². The Morgan fingerprint density at radius 2 is 2.05 bits per heavy atom. The molecule has 2 rings (SSSR count). The summed E-state index contributed by atoms with van der Waals surface area (Å²) in [5.41, 5.74) is 0.0619. The lowest BCUT2D eigenvalue weighted by Gasteiger charge is -2.33. The topological polar surface area (TPSA) is 45.2 Å². The van der Waals surface area contributed by atoms with Gasteiger partial charge in [-0.05, 0) is 36.3 Å². The van der Waals surface area contributed by atoms with E-state index in [1.54, 1.807) is 0 Å². The summed E-state index contributed by atoms with van der Waals surface area (Å²) in [7, 11) is 0. The number of pyridine rings is 1. The minimum Gasteiger partial charge on any atom is -0.357 e. The van der Waals surface area contributed by atoms with E-state index in [-0.39, 0.29) is 11.3 Å². The number of carbonyl (C=O) groups excluding carboxylic acids is 1. The molecular weight excluding hydrogens is 262 g/mol. The van der Waals surface area contributed by atoms with Gasteiger partial charge in [0.2, 0.25) is 5.91 Å². The molecule has 0 aliphatic carbocycles. The molecule has 1 amide bonds. The van der Waals surface area contributed by atoms with Crippen LogP contribution >= 0.6 is 0 Å². The fraction of sp³-hybridized carbons (Fsp3) is 0.647. The predicted molar refractivity (Wildman–Crippen MR) is 86.3 cm³/mol. The van der Waals surface area contributed by atoms with Crippen LogP contribution in [0.4, 0.5) is 5.82 Å². The first-order chi connectivity index (χ1) is 9.94. The maximum Gasteiger partial charge on any atom is 0.220 e. The Bertz CT molecular complexity index is 445. The van der Waals surface area contributed by atoms with Crippen molar-refractivity contribution in [3.8, 4) is 0 Å². The number of hydrogen-bond acceptors (Lipinski definition) is 3. The number of nitrogens with zero attached hydrogens (tertiary/aromatic N) is 2. The second-order valence-corrected chi connectivity index (χ2v) is 7.16. The van der Waals surface area contributed by atoms with Gasteiger partial charge < -0.3 is 10.2 Å². The second kappa shape index (κ2) is 6.92. The second-order valence-electron chi connectivity index (χ2n) is 7.16. The minimum absolute atomic E-state index is 0.0619. The molecule has 1 aromatic heterocycles. The standard InChI is InChI=1S/C17H27N3O/c1-17(2,3)12-16(21)19-13-14-7-10-20(11-8-14)15-6-4-5-9-18-15/h4-6,9,14H,7-8,10-13H2,1-3H3,(H,19,21).